The standard InChI is InChI=1S/C13H21Cl/c1-11-6-10-7-13(14,9-11)5-3-4-12(10,2)8-11/h10H,3-9H2,1-2H3. The summed E-state index contributed by atoms with van der Waals surface area (Å²) in [6.07, 6.45) is 9.57. The maximum absolute atomic E-state index is 6.78. The predicted molar refractivity (Wildman–Crippen MR) is 60.6 cm³/mol. The second-order valence-electron chi connectivity index (χ2n) is 6.93. The molecule has 0 aromatic rings. The van der Waals surface area contributed by atoms with Crippen molar-refractivity contribution < 1.29 is 0 Å². The van der Waals surface area contributed by atoms with Crippen molar-refractivity contribution in [2.45, 2.75) is 63.7 Å². The molecule has 3 saturated carbocycles. The normalized spacial score (nSPS) is 61.5. The van der Waals surface area contributed by atoms with Gasteiger partial charge in [-0.2, -0.15) is 0 Å². The average molecular weight is 213 g/mol. The molecular weight excluding hydrogens is 192 g/mol. The van der Waals surface area contributed by atoms with E-state index in [0.717, 1.165) is 5.92 Å². The highest BCUT2D eigenvalue weighted by atomic mass is 35.5. The van der Waals surface area contributed by atoms with Crippen molar-refractivity contribution in [3.63, 3.8) is 0 Å². The Morgan fingerprint density at radius 1 is 1.07 bits per heavy atom. The van der Waals surface area contributed by atoms with Crippen LogP contribution in [0.4, 0.5) is 0 Å². The van der Waals surface area contributed by atoms with Crippen molar-refractivity contribution in [3.05, 3.63) is 0 Å². The molecule has 3 bridgehead atoms. The highest BCUT2D eigenvalue weighted by molar-refractivity contribution is 6.24. The minimum Gasteiger partial charge on any atom is -0.119 e. The largest absolute Gasteiger partial charge is 0.119 e. The van der Waals surface area contributed by atoms with Crippen LogP contribution in [0.2, 0.25) is 0 Å². The molecule has 0 aromatic carbocycles. The maximum Gasteiger partial charge on any atom is 0.0454 e. The van der Waals surface area contributed by atoms with Gasteiger partial charge in [0.15, 0.2) is 0 Å². The van der Waals surface area contributed by atoms with E-state index in [1.54, 1.807) is 0 Å². The predicted octanol–water partition coefficient (Wildman–Crippen LogP) is 4.36. The minimum atomic E-state index is 0.186. The lowest BCUT2D eigenvalue weighted by atomic mass is 9.70. The smallest absolute Gasteiger partial charge is 0.0454 e. The first kappa shape index (κ1) is 9.51. The van der Waals surface area contributed by atoms with Crippen LogP contribution in [0, 0.1) is 16.7 Å². The molecule has 0 heterocycles. The molecule has 4 atom stereocenters. The van der Waals surface area contributed by atoms with Gasteiger partial charge in [-0.3, -0.25) is 0 Å². The first-order valence-electron chi connectivity index (χ1n) is 6.12. The molecule has 80 valence electrons. The van der Waals surface area contributed by atoms with Gasteiger partial charge in [0.2, 0.25) is 0 Å². The van der Waals surface area contributed by atoms with Crippen LogP contribution in [-0.4, -0.2) is 4.87 Å². The van der Waals surface area contributed by atoms with Crippen LogP contribution in [0.5, 0.6) is 0 Å². The van der Waals surface area contributed by atoms with Gasteiger partial charge in [-0.15, -0.1) is 11.6 Å². The Bertz CT molecular complexity index is 268. The third-order valence-electron chi connectivity index (χ3n) is 5.28. The number of fused-ring (bicyclic) bond motifs is 2. The summed E-state index contributed by atoms with van der Waals surface area (Å²) in [5, 5.41) is 0. The second-order valence-corrected chi connectivity index (χ2v) is 7.73. The van der Waals surface area contributed by atoms with Gasteiger partial charge in [-0.05, 0) is 55.3 Å². The van der Waals surface area contributed by atoms with Crippen LogP contribution in [0.1, 0.15) is 58.8 Å². The third kappa shape index (κ3) is 1.19. The van der Waals surface area contributed by atoms with Crippen molar-refractivity contribution >= 4 is 11.6 Å². The Hall–Kier alpha value is 0.290. The van der Waals surface area contributed by atoms with E-state index >= 15 is 0 Å². The zero-order chi connectivity index (χ0) is 10.0. The quantitative estimate of drug-likeness (QED) is 0.524. The fourth-order valence-corrected chi connectivity index (χ4v) is 5.70. The summed E-state index contributed by atoms with van der Waals surface area (Å²) in [5.74, 6) is 0.932. The minimum absolute atomic E-state index is 0.186. The Kier molecular flexibility index (Phi) is 1.70. The van der Waals surface area contributed by atoms with E-state index in [-0.39, 0.29) is 4.87 Å². The molecule has 0 nitrogen and oxygen atoms in total. The van der Waals surface area contributed by atoms with E-state index in [4.69, 9.17) is 11.6 Å². The maximum atomic E-state index is 6.78. The average Bonchev–Trinajstić information content (AvgIpc) is 2.10. The molecule has 0 spiro atoms. The second kappa shape index (κ2) is 2.51. The highest BCUT2D eigenvalue weighted by Crippen LogP contribution is 2.67. The Morgan fingerprint density at radius 2 is 1.86 bits per heavy atom. The van der Waals surface area contributed by atoms with Gasteiger partial charge >= 0.3 is 0 Å². The molecule has 0 amide bonds. The lowest BCUT2D eigenvalue weighted by Gasteiger charge is -2.40. The van der Waals surface area contributed by atoms with Crippen LogP contribution < -0.4 is 0 Å². The van der Waals surface area contributed by atoms with Gasteiger partial charge in [0.1, 0.15) is 0 Å². The first-order valence-corrected chi connectivity index (χ1v) is 6.50. The summed E-state index contributed by atoms with van der Waals surface area (Å²) >= 11 is 6.78. The van der Waals surface area contributed by atoms with Crippen LogP contribution in [-0.2, 0) is 0 Å². The topological polar surface area (TPSA) is 0 Å². The van der Waals surface area contributed by atoms with E-state index in [1.807, 2.05) is 0 Å². The summed E-state index contributed by atoms with van der Waals surface area (Å²) in [6, 6.07) is 0. The van der Waals surface area contributed by atoms with E-state index in [9.17, 15) is 0 Å². The summed E-state index contributed by atoms with van der Waals surface area (Å²) in [4.78, 5) is 0.186. The molecule has 4 unspecified atom stereocenters. The number of alkyl halides is 1. The molecule has 3 aliphatic rings. The van der Waals surface area contributed by atoms with Crippen LogP contribution in [0.15, 0.2) is 0 Å². The molecule has 3 rings (SSSR count). The lowest BCUT2D eigenvalue weighted by Crippen LogP contribution is -2.35. The molecule has 14 heavy (non-hydrogen) atoms. The summed E-state index contributed by atoms with van der Waals surface area (Å²) in [6.45, 7) is 5.00. The molecule has 0 N–H and O–H groups in total. The van der Waals surface area contributed by atoms with Gasteiger partial charge < -0.3 is 0 Å². The van der Waals surface area contributed by atoms with E-state index in [2.05, 4.69) is 13.8 Å². The lowest BCUT2D eigenvalue weighted by molar-refractivity contribution is 0.185. The SMILES string of the molecule is CC12CC3CC(Cl)(CCCC3(C)C1)C2. The summed E-state index contributed by atoms with van der Waals surface area (Å²) < 4.78 is 0. The van der Waals surface area contributed by atoms with Gasteiger partial charge in [0.25, 0.3) is 0 Å². The van der Waals surface area contributed by atoms with Crippen molar-refractivity contribution in [1.29, 1.82) is 0 Å². The highest BCUT2D eigenvalue weighted by Gasteiger charge is 2.58. The fraction of sp³-hybridized carbons (Fsp3) is 1.00. The first-order chi connectivity index (χ1) is 6.43. The monoisotopic (exact) mass is 212 g/mol. The Morgan fingerprint density at radius 3 is 2.64 bits per heavy atom. The van der Waals surface area contributed by atoms with Crippen molar-refractivity contribution in [2.75, 3.05) is 0 Å². The molecular formula is C13H21Cl. The van der Waals surface area contributed by atoms with Gasteiger partial charge in [0, 0.05) is 4.87 Å². The third-order valence-corrected chi connectivity index (χ3v) is 5.76. The number of hydrogen-bond donors (Lipinski definition) is 0. The fourth-order valence-electron chi connectivity index (χ4n) is 5.06. The van der Waals surface area contributed by atoms with E-state index in [0.29, 0.717) is 10.8 Å². The molecule has 3 aliphatic carbocycles. The number of hydrogen-bond acceptors (Lipinski definition) is 0. The molecule has 0 aliphatic heterocycles. The number of rotatable bonds is 0. The summed E-state index contributed by atoms with van der Waals surface area (Å²) in [5.41, 5.74) is 1.22. The van der Waals surface area contributed by atoms with Crippen LogP contribution in [0.3, 0.4) is 0 Å². The Balaban J connectivity index is 2.04. The van der Waals surface area contributed by atoms with Crippen LogP contribution >= 0.6 is 11.6 Å². The van der Waals surface area contributed by atoms with Crippen LogP contribution in [0.25, 0.3) is 0 Å². The zero-order valence-electron chi connectivity index (χ0n) is 9.41. The van der Waals surface area contributed by atoms with Gasteiger partial charge in [-0.1, -0.05) is 20.3 Å². The molecule has 1 heteroatoms. The molecule has 3 fully saturated rings. The molecule has 0 saturated heterocycles. The number of halogens is 1. The van der Waals surface area contributed by atoms with Gasteiger partial charge in [0.05, 0.1) is 0 Å². The zero-order valence-corrected chi connectivity index (χ0v) is 10.2. The van der Waals surface area contributed by atoms with Gasteiger partial charge in [-0.25, -0.2) is 0 Å². The van der Waals surface area contributed by atoms with E-state index < -0.39 is 0 Å². The Labute approximate surface area is 92.4 Å². The summed E-state index contributed by atoms with van der Waals surface area (Å²) in [7, 11) is 0. The van der Waals surface area contributed by atoms with Crippen molar-refractivity contribution in [3.8, 4) is 0 Å². The van der Waals surface area contributed by atoms with E-state index in [1.165, 1.54) is 44.9 Å². The van der Waals surface area contributed by atoms with Crippen molar-refractivity contribution in [1.82, 2.24) is 0 Å². The van der Waals surface area contributed by atoms with Crippen molar-refractivity contribution in [2.24, 2.45) is 16.7 Å². The molecule has 0 aromatic heterocycles. The molecule has 0 radical (unpaired) electrons.